The molecule has 1 aromatic heterocycles. The average Bonchev–Trinajstić information content (AvgIpc) is 2.75. The molecule has 1 N–H and O–H groups in total. The van der Waals surface area contributed by atoms with E-state index < -0.39 is 0 Å². The first-order valence-electron chi connectivity index (χ1n) is 10.3. The van der Waals surface area contributed by atoms with Crippen molar-refractivity contribution < 1.29 is 4.79 Å². The maximum absolute atomic E-state index is 12.6. The van der Waals surface area contributed by atoms with Crippen molar-refractivity contribution in [2.24, 2.45) is 0 Å². The van der Waals surface area contributed by atoms with E-state index >= 15 is 0 Å². The highest BCUT2D eigenvalue weighted by atomic mass is 35.5. The highest BCUT2D eigenvalue weighted by molar-refractivity contribution is 6.33. The summed E-state index contributed by atoms with van der Waals surface area (Å²) in [5, 5.41) is 3.43. The van der Waals surface area contributed by atoms with Crippen LogP contribution >= 0.6 is 11.6 Å². The van der Waals surface area contributed by atoms with Crippen molar-refractivity contribution >= 4 is 35.1 Å². The van der Waals surface area contributed by atoms with Gasteiger partial charge < -0.3 is 24.9 Å². The molecule has 0 aliphatic carbocycles. The Morgan fingerprint density at radius 3 is 2.33 bits per heavy atom. The first kappa shape index (κ1) is 20.7. The molecule has 8 nitrogen and oxygen atoms in total. The average molecular weight is 430 g/mol. The number of carbonyl (C=O) groups excluding carboxylic acids is 1. The lowest BCUT2D eigenvalue weighted by Gasteiger charge is -2.36. The number of aryl methyl sites for hydroxylation is 1. The van der Waals surface area contributed by atoms with Crippen LogP contribution in [0, 0.1) is 6.92 Å². The van der Waals surface area contributed by atoms with Gasteiger partial charge in [-0.1, -0.05) is 23.7 Å². The van der Waals surface area contributed by atoms with Gasteiger partial charge in [-0.25, -0.2) is 9.78 Å². The van der Waals surface area contributed by atoms with E-state index in [4.69, 9.17) is 16.6 Å². The lowest BCUT2D eigenvalue weighted by atomic mass is 10.3. The van der Waals surface area contributed by atoms with E-state index in [1.54, 1.807) is 17.0 Å². The molecular weight excluding hydrogens is 402 g/mol. The molecule has 0 bridgehead atoms. The monoisotopic (exact) mass is 429 g/mol. The molecule has 30 heavy (non-hydrogen) atoms. The summed E-state index contributed by atoms with van der Waals surface area (Å²) in [5.41, 5.74) is 1.60. The number of urea groups is 1. The number of likely N-dealkylation sites (N-methyl/N-ethyl adjacent to an activating group) is 1. The number of piperazine rings is 2. The maximum atomic E-state index is 12.6. The second-order valence-electron chi connectivity index (χ2n) is 7.84. The Bertz CT molecular complexity index is 893. The molecule has 4 rings (SSSR count). The molecule has 0 spiro atoms. The number of nitrogens with one attached hydrogen (secondary N) is 1. The van der Waals surface area contributed by atoms with E-state index in [1.807, 2.05) is 19.1 Å². The predicted molar refractivity (Wildman–Crippen MR) is 121 cm³/mol. The van der Waals surface area contributed by atoms with E-state index in [0.29, 0.717) is 36.9 Å². The van der Waals surface area contributed by atoms with Crippen molar-refractivity contribution in [3.05, 3.63) is 41.0 Å². The summed E-state index contributed by atoms with van der Waals surface area (Å²) >= 11 is 6.15. The van der Waals surface area contributed by atoms with Crippen LogP contribution < -0.4 is 15.1 Å². The second kappa shape index (κ2) is 9.06. The number of benzene rings is 1. The van der Waals surface area contributed by atoms with Crippen molar-refractivity contribution in [2.45, 2.75) is 6.92 Å². The smallest absolute Gasteiger partial charge is 0.322 e. The summed E-state index contributed by atoms with van der Waals surface area (Å²) in [4.78, 5) is 30.7. The number of nitrogens with zero attached hydrogens (tertiary/aromatic N) is 6. The van der Waals surface area contributed by atoms with E-state index in [9.17, 15) is 4.79 Å². The molecule has 0 radical (unpaired) electrons. The zero-order valence-electron chi connectivity index (χ0n) is 17.5. The Balaban J connectivity index is 1.38. The first-order valence-corrected chi connectivity index (χ1v) is 10.7. The lowest BCUT2D eigenvalue weighted by molar-refractivity contribution is 0.208. The third kappa shape index (κ3) is 4.76. The summed E-state index contributed by atoms with van der Waals surface area (Å²) < 4.78 is 0. The Morgan fingerprint density at radius 2 is 1.63 bits per heavy atom. The predicted octanol–water partition coefficient (Wildman–Crippen LogP) is 2.54. The van der Waals surface area contributed by atoms with Crippen molar-refractivity contribution in [2.75, 3.05) is 74.5 Å². The van der Waals surface area contributed by atoms with Crippen LogP contribution in [-0.2, 0) is 0 Å². The zero-order chi connectivity index (χ0) is 21.1. The molecular formula is C21H28ClN7O. The van der Waals surface area contributed by atoms with Gasteiger partial charge in [0.1, 0.15) is 5.82 Å². The van der Waals surface area contributed by atoms with Gasteiger partial charge >= 0.3 is 6.03 Å². The van der Waals surface area contributed by atoms with Crippen molar-refractivity contribution in [3.8, 4) is 0 Å². The van der Waals surface area contributed by atoms with Crippen LogP contribution in [0.1, 0.15) is 5.69 Å². The minimum atomic E-state index is -0.133. The van der Waals surface area contributed by atoms with Crippen LogP contribution in [0.2, 0.25) is 5.02 Å². The van der Waals surface area contributed by atoms with Crippen LogP contribution in [0.4, 0.5) is 22.2 Å². The van der Waals surface area contributed by atoms with Crippen LogP contribution in [0.5, 0.6) is 0 Å². The third-order valence-electron chi connectivity index (χ3n) is 5.62. The van der Waals surface area contributed by atoms with Gasteiger partial charge in [-0.3, -0.25) is 0 Å². The highest BCUT2D eigenvalue weighted by Gasteiger charge is 2.24. The van der Waals surface area contributed by atoms with Gasteiger partial charge in [0.2, 0.25) is 5.95 Å². The summed E-state index contributed by atoms with van der Waals surface area (Å²) in [6.07, 6.45) is 0. The number of halogens is 1. The molecule has 2 fully saturated rings. The number of hydrogen-bond donors (Lipinski definition) is 1. The molecule has 0 unspecified atom stereocenters. The van der Waals surface area contributed by atoms with Crippen LogP contribution in [0.15, 0.2) is 30.3 Å². The van der Waals surface area contributed by atoms with Gasteiger partial charge in [-0.05, 0) is 26.1 Å². The molecule has 160 valence electrons. The Hall–Kier alpha value is -2.58. The fourth-order valence-electron chi connectivity index (χ4n) is 3.74. The number of amides is 2. The quantitative estimate of drug-likeness (QED) is 0.808. The number of rotatable bonds is 3. The number of anilines is 3. The van der Waals surface area contributed by atoms with E-state index in [2.05, 4.69) is 38.1 Å². The molecule has 9 heteroatoms. The van der Waals surface area contributed by atoms with Crippen LogP contribution in [-0.4, -0.2) is 85.2 Å². The number of carbonyl (C=O) groups is 1. The molecule has 2 amide bonds. The fourth-order valence-corrected chi connectivity index (χ4v) is 3.92. The van der Waals surface area contributed by atoms with Gasteiger partial charge in [0, 0.05) is 64.1 Å². The molecule has 0 saturated carbocycles. The molecule has 0 atom stereocenters. The largest absolute Gasteiger partial charge is 0.354 e. The Morgan fingerprint density at radius 1 is 0.967 bits per heavy atom. The maximum Gasteiger partial charge on any atom is 0.322 e. The van der Waals surface area contributed by atoms with Gasteiger partial charge in [-0.2, -0.15) is 4.98 Å². The molecule has 3 heterocycles. The zero-order valence-corrected chi connectivity index (χ0v) is 18.3. The summed E-state index contributed by atoms with van der Waals surface area (Å²) in [5.74, 6) is 1.74. The van der Waals surface area contributed by atoms with Gasteiger partial charge in [-0.15, -0.1) is 0 Å². The third-order valence-corrected chi connectivity index (χ3v) is 5.95. The summed E-state index contributed by atoms with van der Waals surface area (Å²) in [6, 6.07) is 9.19. The van der Waals surface area contributed by atoms with E-state index in [1.165, 1.54) is 0 Å². The normalized spacial score (nSPS) is 17.9. The Kier molecular flexibility index (Phi) is 6.24. The number of aromatic nitrogens is 2. The van der Waals surface area contributed by atoms with Gasteiger partial charge in [0.25, 0.3) is 0 Å². The minimum Gasteiger partial charge on any atom is -0.354 e. The topological polar surface area (TPSA) is 67.8 Å². The SMILES string of the molecule is Cc1cc(N2CCN(C)CC2)nc(N2CCN(C(=O)Nc3ccccc3Cl)CC2)n1. The number of para-hydroxylation sites is 1. The standard InChI is InChI=1S/C21H28ClN7O/c1-16-15-19(27-9-7-26(2)8-10-27)25-20(23-16)28-11-13-29(14-12-28)21(30)24-18-6-4-3-5-17(18)22/h3-6,15H,7-14H2,1-2H3,(H,24,30). The highest BCUT2D eigenvalue weighted by Crippen LogP contribution is 2.22. The van der Waals surface area contributed by atoms with E-state index in [0.717, 1.165) is 43.6 Å². The van der Waals surface area contributed by atoms with Gasteiger partial charge in [0.05, 0.1) is 10.7 Å². The number of hydrogen-bond acceptors (Lipinski definition) is 6. The lowest BCUT2D eigenvalue weighted by Crippen LogP contribution is -2.50. The van der Waals surface area contributed by atoms with Crippen molar-refractivity contribution in [1.82, 2.24) is 19.8 Å². The minimum absolute atomic E-state index is 0.133. The molecule has 2 aromatic rings. The van der Waals surface area contributed by atoms with Crippen LogP contribution in [0.25, 0.3) is 0 Å². The molecule has 2 saturated heterocycles. The second-order valence-corrected chi connectivity index (χ2v) is 8.25. The molecule has 2 aliphatic rings. The van der Waals surface area contributed by atoms with Crippen LogP contribution in [0.3, 0.4) is 0 Å². The van der Waals surface area contributed by atoms with Crippen molar-refractivity contribution in [1.29, 1.82) is 0 Å². The molecule has 1 aromatic carbocycles. The summed E-state index contributed by atoms with van der Waals surface area (Å²) in [6.45, 7) is 8.65. The Labute approximate surface area is 182 Å². The van der Waals surface area contributed by atoms with Crippen molar-refractivity contribution in [3.63, 3.8) is 0 Å². The summed E-state index contributed by atoms with van der Waals surface area (Å²) in [7, 11) is 2.15. The molecule has 2 aliphatic heterocycles. The fraction of sp³-hybridized carbons (Fsp3) is 0.476. The van der Waals surface area contributed by atoms with E-state index in [-0.39, 0.29) is 6.03 Å². The van der Waals surface area contributed by atoms with Gasteiger partial charge in [0.15, 0.2) is 0 Å². The first-order chi connectivity index (χ1) is 14.5.